The van der Waals surface area contributed by atoms with Crippen LogP contribution in [0.1, 0.15) is 61.0 Å². The predicted octanol–water partition coefficient (Wildman–Crippen LogP) is 3.81. The number of nitrogens with one attached hydrogen (secondary N) is 3. The number of rotatable bonds is 6. The van der Waals surface area contributed by atoms with Gasteiger partial charge in [-0.15, -0.1) is 0 Å². The van der Waals surface area contributed by atoms with Crippen LogP contribution >= 0.6 is 0 Å². The van der Waals surface area contributed by atoms with E-state index in [-0.39, 0.29) is 11.9 Å². The molecule has 1 saturated carbocycles. The fraction of sp³-hybridized carbons (Fsp3) is 0.400. The van der Waals surface area contributed by atoms with Crippen molar-refractivity contribution in [2.24, 2.45) is 5.92 Å². The summed E-state index contributed by atoms with van der Waals surface area (Å²) in [7, 11) is 0. The Kier molecular flexibility index (Phi) is 7.82. The van der Waals surface area contributed by atoms with Gasteiger partial charge in [-0.1, -0.05) is 63.1 Å². The number of carbonyl (C=O) groups excluding carboxylic acids is 3. The van der Waals surface area contributed by atoms with Gasteiger partial charge in [-0.05, 0) is 48.4 Å². The molecule has 31 heavy (non-hydrogen) atoms. The zero-order valence-corrected chi connectivity index (χ0v) is 18.2. The van der Waals surface area contributed by atoms with Crippen LogP contribution in [0.5, 0.6) is 0 Å². The van der Waals surface area contributed by atoms with Crippen LogP contribution in [0, 0.1) is 5.92 Å². The topological polar surface area (TPSA) is 87.3 Å². The van der Waals surface area contributed by atoms with Crippen molar-refractivity contribution < 1.29 is 14.4 Å². The van der Waals surface area contributed by atoms with Gasteiger partial charge < -0.3 is 16.0 Å². The molecule has 0 heterocycles. The van der Waals surface area contributed by atoms with Crippen molar-refractivity contribution in [1.29, 1.82) is 0 Å². The first-order valence-corrected chi connectivity index (χ1v) is 11.0. The van der Waals surface area contributed by atoms with Crippen molar-refractivity contribution in [2.75, 3.05) is 5.32 Å². The summed E-state index contributed by atoms with van der Waals surface area (Å²) in [4.78, 5) is 37.5. The van der Waals surface area contributed by atoms with Gasteiger partial charge in [0.1, 0.15) is 0 Å². The first-order valence-electron chi connectivity index (χ1n) is 11.0. The minimum absolute atomic E-state index is 0.0182. The molecule has 1 fully saturated rings. The first kappa shape index (κ1) is 22.5. The summed E-state index contributed by atoms with van der Waals surface area (Å²) in [6, 6.07) is 14.8. The third kappa shape index (κ3) is 6.17. The minimum Gasteiger partial charge on any atom is -0.348 e. The summed E-state index contributed by atoms with van der Waals surface area (Å²) in [5.41, 5.74) is 2.87. The number of hydrogen-bond donors (Lipinski definition) is 3. The third-order valence-corrected chi connectivity index (χ3v) is 5.94. The van der Waals surface area contributed by atoms with Gasteiger partial charge in [0, 0.05) is 12.6 Å². The summed E-state index contributed by atoms with van der Waals surface area (Å²) in [6.07, 6.45) is 5.12. The summed E-state index contributed by atoms with van der Waals surface area (Å²) in [5.74, 6) is -1.37. The molecule has 0 bridgehead atoms. The molecule has 1 aliphatic rings. The Hall–Kier alpha value is -3.15. The molecule has 0 saturated heterocycles. The van der Waals surface area contributed by atoms with E-state index in [2.05, 4.69) is 29.8 Å². The number of amides is 3. The highest BCUT2D eigenvalue weighted by Crippen LogP contribution is 2.23. The number of aryl methyl sites for hydroxylation is 1. The number of anilines is 1. The van der Waals surface area contributed by atoms with Crippen LogP contribution < -0.4 is 16.0 Å². The Balaban J connectivity index is 1.60. The van der Waals surface area contributed by atoms with Crippen LogP contribution in [0.3, 0.4) is 0 Å². The van der Waals surface area contributed by atoms with Gasteiger partial charge in [0.25, 0.3) is 5.91 Å². The van der Waals surface area contributed by atoms with Gasteiger partial charge in [0.15, 0.2) is 0 Å². The largest absolute Gasteiger partial charge is 0.348 e. The lowest BCUT2D eigenvalue weighted by Crippen LogP contribution is -2.46. The Morgan fingerprint density at radius 3 is 2.29 bits per heavy atom. The zero-order chi connectivity index (χ0) is 22.2. The molecular weight excluding hydrogens is 390 g/mol. The SMILES string of the molecule is CCc1ccc(CNC(=O)c2ccccc2NC(=O)C(=O)N[C@@H]2CCCC[C@@H]2C)cc1. The highest BCUT2D eigenvalue weighted by atomic mass is 16.2. The van der Waals surface area contributed by atoms with Crippen molar-refractivity contribution in [1.82, 2.24) is 10.6 Å². The molecule has 3 rings (SSSR count). The maximum Gasteiger partial charge on any atom is 0.313 e. The molecule has 2 aromatic carbocycles. The quantitative estimate of drug-likeness (QED) is 0.620. The van der Waals surface area contributed by atoms with E-state index in [1.807, 2.05) is 24.3 Å². The molecule has 0 aliphatic heterocycles. The van der Waals surface area contributed by atoms with Gasteiger partial charge >= 0.3 is 11.8 Å². The van der Waals surface area contributed by atoms with E-state index in [0.29, 0.717) is 23.7 Å². The first-order chi connectivity index (χ1) is 15.0. The Labute approximate surface area is 183 Å². The second kappa shape index (κ2) is 10.8. The molecule has 2 atom stereocenters. The molecule has 0 spiro atoms. The third-order valence-electron chi connectivity index (χ3n) is 5.94. The summed E-state index contributed by atoms with van der Waals surface area (Å²) >= 11 is 0. The van der Waals surface area contributed by atoms with Gasteiger partial charge in [-0.25, -0.2) is 0 Å². The van der Waals surface area contributed by atoms with Crippen molar-refractivity contribution in [3.8, 4) is 0 Å². The van der Waals surface area contributed by atoms with E-state index in [9.17, 15) is 14.4 Å². The molecule has 2 aromatic rings. The summed E-state index contributed by atoms with van der Waals surface area (Å²) < 4.78 is 0. The number of hydrogen-bond acceptors (Lipinski definition) is 3. The molecule has 6 heteroatoms. The predicted molar refractivity (Wildman–Crippen MR) is 122 cm³/mol. The van der Waals surface area contributed by atoms with Crippen LogP contribution in [-0.4, -0.2) is 23.8 Å². The average molecular weight is 422 g/mol. The van der Waals surface area contributed by atoms with Crippen molar-refractivity contribution in [3.05, 3.63) is 65.2 Å². The van der Waals surface area contributed by atoms with Crippen molar-refractivity contribution in [2.45, 2.75) is 58.5 Å². The molecular formula is C25H31N3O3. The fourth-order valence-electron chi connectivity index (χ4n) is 3.90. The van der Waals surface area contributed by atoms with E-state index in [4.69, 9.17) is 0 Å². The van der Waals surface area contributed by atoms with E-state index < -0.39 is 11.8 Å². The second-order valence-electron chi connectivity index (χ2n) is 8.19. The van der Waals surface area contributed by atoms with Crippen LogP contribution in [0.15, 0.2) is 48.5 Å². The molecule has 0 radical (unpaired) electrons. The van der Waals surface area contributed by atoms with Gasteiger partial charge in [-0.3, -0.25) is 14.4 Å². The lowest BCUT2D eigenvalue weighted by atomic mass is 9.86. The Bertz CT molecular complexity index is 924. The molecule has 0 unspecified atom stereocenters. The number of para-hydroxylation sites is 1. The Morgan fingerprint density at radius 1 is 0.903 bits per heavy atom. The zero-order valence-electron chi connectivity index (χ0n) is 18.2. The maximum atomic E-state index is 12.7. The van der Waals surface area contributed by atoms with Crippen molar-refractivity contribution in [3.63, 3.8) is 0 Å². The summed E-state index contributed by atoms with van der Waals surface area (Å²) in [6.45, 7) is 4.57. The van der Waals surface area contributed by atoms with E-state index in [0.717, 1.165) is 37.7 Å². The van der Waals surface area contributed by atoms with Gasteiger partial charge in [0.05, 0.1) is 11.3 Å². The Morgan fingerprint density at radius 2 is 1.58 bits per heavy atom. The minimum atomic E-state index is -0.756. The van der Waals surface area contributed by atoms with Gasteiger partial charge in [0.2, 0.25) is 0 Å². The van der Waals surface area contributed by atoms with E-state index >= 15 is 0 Å². The van der Waals surface area contributed by atoms with Gasteiger partial charge in [-0.2, -0.15) is 0 Å². The van der Waals surface area contributed by atoms with Crippen LogP contribution in [0.4, 0.5) is 5.69 Å². The molecule has 1 aliphatic carbocycles. The second-order valence-corrected chi connectivity index (χ2v) is 8.19. The van der Waals surface area contributed by atoms with E-state index in [1.54, 1.807) is 24.3 Å². The monoisotopic (exact) mass is 421 g/mol. The standard InChI is InChI=1S/C25H31N3O3/c1-3-18-12-14-19(15-13-18)16-26-23(29)20-9-5-7-11-22(20)28-25(31)24(30)27-21-10-6-4-8-17(21)2/h5,7,9,11-15,17,21H,3-4,6,8,10,16H2,1-2H3,(H,26,29)(H,27,30)(H,28,31)/t17-,21+/m0/s1. The molecule has 3 amide bonds. The van der Waals surface area contributed by atoms with E-state index in [1.165, 1.54) is 5.56 Å². The smallest absolute Gasteiger partial charge is 0.313 e. The molecule has 0 aromatic heterocycles. The highest BCUT2D eigenvalue weighted by Gasteiger charge is 2.26. The summed E-state index contributed by atoms with van der Waals surface area (Å²) in [5, 5.41) is 8.32. The van der Waals surface area contributed by atoms with Crippen molar-refractivity contribution >= 4 is 23.4 Å². The highest BCUT2D eigenvalue weighted by molar-refractivity contribution is 6.40. The molecule has 164 valence electrons. The number of carbonyl (C=O) groups is 3. The van der Waals surface area contributed by atoms with Crippen LogP contribution in [0.25, 0.3) is 0 Å². The lowest BCUT2D eigenvalue weighted by Gasteiger charge is -2.29. The van der Waals surface area contributed by atoms with Crippen LogP contribution in [-0.2, 0) is 22.6 Å². The average Bonchev–Trinajstić information content (AvgIpc) is 2.79. The normalized spacial score (nSPS) is 18.1. The van der Waals surface area contributed by atoms with Crippen LogP contribution in [0.2, 0.25) is 0 Å². The fourth-order valence-corrected chi connectivity index (χ4v) is 3.90. The molecule has 3 N–H and O–H groups in total. The maximum absolute atomic E-state index is 12.7. The lowest BCUT2D eigenvalue weighted by molar-refractivity contribution is -0.137. The molecule has 6 nitrogen and oxygen atoms in total. The number of benzene rings is 2.